The zero-order valence-electron chi connectivity index (χ0n) is 19.5. The highest BCUT2D eigenvalue weighted by Crippen LogP contribution is 2.58. The predicted molar refractivity (Wildman–Crippen MR) is 149 cm³/mol. The second kappa shape index (κ2) is 6.59. The van der Waals surface area contributed by atoms with Gasteiger partial charge in [-0.25, -0.2) is 4.98 Å². The van der Waals surface area contributed by atoms with Crippen molar-refractivity contribution in [2.24, 2.45) is 0 Å². The van der Waals surface area contributed by atoms with Crippen molar-refractivity contribution >= 4 is 53.3 Å². The molecule has 1 aliphatic carbocycles. The molecular formula is C32H22N2S. The Morgan fingerprint density at radius 1 is 0.743 bits per heavy atom. The summed E-state index contributed by atoms with van der Waals surface area (Å²) in [6.45, 7) is 4.78. The van der Waals surface area contributed by atoms with Gasteiger partial charge in [-0.2, -0.15) is 0 Å². The van der Waals surface area contributed by atoms with Crippen LogP contribution in [-0.2, 0) is 5.41 Å². The molecule has 3 heterocycles. The van der Waals surface area contributed by atoms with Gasteiger partial charge in [0.25, 0.3) is 0 Å². The molecule has 0 spiro atoms. The van der Waals surface area contributed by atoms with E-state index in [1.54, 1.807) is 0 Å². The van der Waals surface area contributed by atoms with E-state index < -0.39 is 0 Å². The number of rotatable bonds is 1. The van der Waals surface area contributed by atoms with Gasteiger partial charge < -0.3 is 0 Å². The van der Waals surface area contributed by atoms with Crippen LogP contribution < -0.4 is 0 Å². The monoisotopic (exact) mass is 466 g/mol. The number of hydrogen-bond acceptors (Lipinski definition) is 2. The van der Waals surface area contributed by atoms with Crippen molar-refractivity contribution in [2.75, 3.05) is 0 Å². The Bertz CT molecular complexity index is 1970. The number of benzene rings is 4. The van der Waals surface area contributed by atoms with Crippen LogP contribution in [0.1, 0.15) is 25.0 Å². The van der Waals surface area contributed by atoms with Crippen molar-refractivity contribution in [3.63, 3.8) is 0 Å². The van der Waals surface area contributed by atoms with Gasteiger partial charge in [0.1, 0.15) is 5.82 Å². The standard InChI is InChI=1S/C32H22N2S/c1-32(2)22-14-6-3-11-19(22)27-29(32)26-20-12-4-7-15-23(20)34(25-17-9-10-18-33-25)30(26)28-21-13-5-8-16-24(21)35-31(27)28/h3-18H,1-2H3. The van der Waals surface area contributed by atoms with Gasteiger partial charge in [0.05, 0.1) is 11.0 Å². The molecule has 1 aliphatic rings. The van der Waals surface area contributed by atoms with Gasteiger partial charge in [-0.15, -0.1) is 11.3 Å². The highest BCUT2D eigenvalue weighted by Gasteiger charge is 2.40. The number of thiophene rings is 1. The van der Waals surface area contributed by atoms with E-state index >= 15 is 0 Å². The molecule has 0 unspecified atom stereocenters. The molecule has 0 saturated carbocycles. The second-order valence-electron chi connectivity index (χ2n) is 9.99. The average molecular weight is 467 g/mol. The molecular weight excluding hydrogens is 444 g/mol. The first-order chi connectivity index (χ1) is 17.2. The number of para-hydroxylation sites is 1. The van der Waals surface area contributed by atoms with Crippen LogP contribution in [0.25, 0.3) is 58.9 Å². The third-order valence-electron chi connectivity index (χ3n) is 7.81. The maximum absolute atomic E-state index is 4.83. The minimum atomic E-state index is -0.104. The first-order valence-corrected chi connectivity index (χ1v) is 12.9. The van der Waals surface area contributed by atoms with Crippen LogP contribution >= 0.6 is 11.3 Å². The molecule has 166 valence electrons. The van der Waals surface area contributed by atoms with E-state index in [0.717, 1.165) is 5.82 Å². The van der Waals surface area contributed by atoms with E-state index in [1.165, 1.54) is 64.2 Å². The highest BCUT2D eigenvalue weighted by molar-refractivity contribution is 7.26. The molecule has 0 atom stereocenters. The predicted octanol–water partition coefficient (Wildman–Crippen LogP) is 8.85. The second-order valence-corrected chi connectivity index (χ2v) is 11.0. The molecule has 0 saturated heterocycles. The molecule has 8 rings (SSSR count). The Labute approximate surface area is 207 Å². The van der Waals surface area contributed by atoms with E-state index in [4.69, 9.17) is 4.98 Å². The van der Waals surface area contributed by atoms with Crippen LogP contribution in [0, 0.1) is 0 Å². The molecule has 0 fully saturated rings. The Morgan fingerprint density at radius 2 is 1.49 bits per heavy atom. The third kappa shape index (κ3) is 2.32. The van der Waals surface area contributed by atoms with Crippen LogP contribution in [0.4, 0.5) is 0 Å². The number of pyridine rings is 1. The van der Waals surface area contributed by atoms with Gasteiger partial charge in [0.15, 0.2) is 0 Å². The summed E-state index contributed by atoms with van der Waals surface area (Å²) >= 11 is 1.93. The third-order valence-corrected chi connectivity index (χ3v) is 9.00. The lowest BCUT2D eigenvalue weighted by Crippen LogP contribution is -2.15. The Morgan fingerprint density at radius 3 is 2.34 bits per heavy atom. The molecule has 0 aliphatic heterocycles. The summed E-state index contributed by atoms with van der Waals surface area (Å²) in [5, 5.41) is 5.32. The Hall–Kier alpha value is -3.95. The summed E-state index contributed by atoms with van der Waals surface area (Å²) < 4.78 is 5.11. The molecule has 0 N–H and O–H groups in total. The topological polar surface area (TPSA) is 17.8 Å². The minimum absolute atomic E-state index is 0.104. The fraction of sp³-hybridized carbons (Fsp3) is 0.0938. The maximum Gasteiger partial charge on any atom is 0.137 e. The van der Waals surface area contributed by atoms with Crippen LogP contribution in [-0.4, -0.2) is 9.55 Å². The van der Waals surface area contributed by atoms with E-state index in [1.807, 2.05) is 23.6 Å². The molecule has 7 aromatic rings. The SMILES string of the molecule is CC1(C)c2ccccc2-c2c1c1c3ccccc3n(-c3ccccn3)c1c1c2sc2ccccc21. The van der Waals surface area contributed by atoms with E-state index in [9.17, 15) is 0 Å². The Kier molecular flexibility index (Phi) is 3.64. The largest absolute Gasteiger partial charge is 0.293 e. The summed E-state index contributed by atoms with van der Waals surface area (Å²) in [6, 6.07) is 32.9. The van der Waals surface area contributed by atoms with Crippen molar-refractivity contribution < 1.29 is 0 Å². The van der Waals surface area contributed by atoms with Crippen molar-refractivity contribution in [3.05, 3.63) is 108 Å². The molecule has 35 heavy (non-hydrogen) atoms. The van der Waals surface area contributed by atoms with Crippen LogP contribution in [0.2, 0.25) is 0 Å². The highest BCUT2D eigenvalue weighted by atomic mass is 32.1. The Balaban J connectivity index is 1.76. The van der Waals surface area contributed by atoms with E-state index in [2.05, 4.69) is 103 Å². The molecule has 3 heteroatoms. The molecule has 2 nitrogen and oxygen atoms in total. The van der Waals surface area contributed by atoms with Gasteiger partial charge in [0.2, 0.25) is 0 Å². The number of nitrogens with zero attached hydrogens (tertiary/aromatic N) is 2. The van der Waals surface area contributed by atoms with Crippen LogP contribution in [0.15, 0.2) is 97.2 Å². The molecule has 0 radical (unpaired) electrons. The van der Waals surface area contributed by atoms with Gasteiger partial charge in [-0.3, -0.25) is 4.57 Å². The van der Waals surface area contributed by atoms with Crippen LogP contribution in [0.5, 0.6) is 0 Å². The molecule has 0 bridgehead atoms. The first-order valence-electron chi connectivity index (χ1n) is 12.1. The number of aromatic nitrogens is 2. The molecule has 4 aromatic carbocycles. The first kappa shape index (κ1) is 19.4. The zero-order valence-corrected chi connectivity index (χ0v) is 20.4. The number of fused-ring (bicyclic) bond motifs is 12. The van der Waals surface area contributed by atoms with Crippen molar-refractivity contribution in [1.29, 1.82) is 0 Å². The summed E-state index contributed by atoms with van der Waals surface area (Å²) in [5.74, 6) is 0.962. The quantitative estimate of drug-likeness (QED) is 0.236. The lowest BCUT2D eigenvalue weighted by atomic mass is 9.80. The minimum Gasteiger partial charge on any atom is -0.293 e. The summed E-state index contributed by atoms with van der Waals surface area (Å²) in [6.07, 6.45) is 1.89. The van der Waals surface area contributed by atoms with Gasteiger partial charge in [-0.1, -0.05) is 80.6 Å². The van der Waals surface area contributed by atoms with Crippen molar-refractivity contribution in [3.8, 4) is 16.9 Å². The number of hydrogen-bond donors (Lipinski definition) is 0. The summed E-state index contributed by atoms with van der Waals surface area (Å²) in [5.41, 5.74) is 8.02. The molecule has 0 amide bonds. The average Bonchev–Trinajstić information content (AvgIpc) is 3.51. The summed E-state index contributed by atoms with van der Waals surface area (Å²) in [7, 11) is 0. The maximum atomic E-state index is 4.83. The fourth-order valence-corrected chi connectivity index (χ4v) is 7.68. The summed E-state index contributed by atoms with van der Waals surface area (Å²) in [4.78, 5) is 4.83. The van der Waals surface area contributed by atoms with Gasteiger partial charge >= 0.3 is 0 Å². The van der Waals surface area contributed by atoms with E-state index in [0.29, 0.717) is 0 Å². The molecule has 3 aromatic heterocycles. The zero-order chi connectivity index (χ0) is 23.3. The van der Waals surface area contributed by atoms with Crippen molar-refractivity contribution in [1.82, 2.24) is 9.55 Å². The smallest absolute Gasteiger partial charge is 0.137 e. The van der Waals surface area contributed by atoms with Crippen molar-refractivity contribution in [2.45, 2.75) is 19.3 Å². The lowest BCUT2D eigenvalue weighted by molar-refractivity contribution is 0.667. The fourth-order valence-electron chi connectivity index (χ4n) is 6.41. The van der Waals surface area contributed by atoms with Crippen LogP contribution in [0.3, 0.4) is 0 Å². The van der Waals surface area contributed by atoms with Gasteiger partial charge in [-0.05, 0) is 41.0 Å². The van der Waals surface area contributed by atoms with E-state index in [-0.39, 0.29) is 5.41 Å². The van der Waals surface area contributed by atoms with Gasteiger partial charge in [0, 0.05) is 48.1 Å². The lowest BCUT2D eigenvalue weighted by Gasteiger charge is -2.23. The normalized spacial score (nSPS) is 14.2.